The predicted molar refractivity (Wildman–Crippen MR) is 129 cm³/mol. The summed E-state index contributed by atoms with van der Waals surface area (Å²) in [6.07, 6.45) is 1.58. The van der Waals surface area contributed by atoms with Crippen molar-refractivity contribution >= 4 is 23.1 Å². The summed E-state index contributed by atoms with van der Waals surface area (Å²) >= 11 is 0. The molecule has 34 heavy (non-hydrogen) atoms. The molecule has 0 bridgehead atoms. The van der Waals surface area contributed by atoms with Gasteiger partial charge in [-0.1, -0.05) is 37.3 Å². The van der Waals surface area contributed by atoms with Gasteiger partial charge in [-0.05, 0) is 53.9 Å². The third-order valence-electron chi connectivity index (χ3n) is 6.46. The summed E-state index contributed by atoms with van der Waals surface area (Å²) in [6.45, 7) is 2.64. The number of carbonyl (C=O) groups excluding carboxylic acids is 2. The van der Waals surface area contributed by atoms with Gasteiger partial charge < -0.3 is 14.6 Å². The maximum absolute atomic E-state index is 13.4. The highest BCUT2D eigenvalue weighted by Crippen LogP contribution is 2.45. The van der Waals surface area contributed by atoms with Crippen molar-refractivity contribution in [3.05, 3.63) is 94.6 Å². The molecule has 0 spiro atoms. The molecule has 0 radical (unpaired) electrons. The SMILES string of the molecule is CCc1ccc(N2C(=O)C(=O)/C(=C(/O)c3ccc4c(c3)CCO4)C2c2ccccc2OC)cc1. The molecule has 2 heterocycles. The van der Waals surface area contributed by atoms with E-state index in [0.29, 0.717) is 29.2 Å². The molecular weight excluding hydrogens is 430 g/mol. The first-order chi connectivity index (χ1) is 16.5. The van der Waals surface area contributed by atoms with Crippen molar-refractivity contribution in [2.45, 2.75) is 25.8 Å². The second kappa shape index (κ2) is 8.71. The second-order valence-electron chi connectivity index (χ2n) is 8.35. The fourth-order valence-corrected chi connectivity index (χ4v) is 4.67. The van der Waals surface area contributed by atoms with Crippen molar-refractivity contribution in [2.75, 3.05) is 18.6 Å². The maximum Gasteiger partial charge on any atom is 0.300 e. The van der Waals surface area contributed by atoms with Gasteiger partial charge in [-0.15, -0.1) is 0 Å². The molecule has 5 rings (SSSR count). The molecule has 1 N–H and O–H groups in total. The molecule has 0 aliphatic carbocycles. The van der Waals surface area contributed by atoms with E-state index in [1.165, 1.54) is 4.90 Å². The fraction of sp³-hybridized carbons (Fsp3) is 0.214. The number of methoxy groups -OCH3 is 1. The standard InChI is InChI=1S/C28H25NO5/c1-3-17-8-11-20(12-9-17)29-25(21-6-4-5-7-23(21)33-2)24(27(31)28(29)32)26(30)19-10-13-22-18(16-19)14-15-34-22/h4-13,16,25,30H,3,14-15H2,1-2H3/b26-24+. The molecule has 1 saturated heterocycles. The number of hydrogen-bond donors (Lipinski definition) is 1. The van der Waals surface area contributed by atoms with E-state index in [0.717, 1.165) is 29.7 Å². The minimum absolute atomic E-state index is 0.0351. The number of fused-ring (bicyclic) bond motifs is 1. The van der Waals surface area contributed by atoms with Crippen LogP contribution < -0.4 is 14.4 Å². The van der Waals surface area contributed by atoms with Gasteiger partial charge in [0.2, 0.25) is 0 Å². The number of benzene rings is 3. The van der Waals surface area contributed by atoms with E-state index < -0.39 is 17.7 Å². The zero-order valence-corrected chi connectivity index (χ0v) is 19.1. The van der Waals surface area contributed by atoms with Crippen LogP contribution in [-0.4, -0.2) is 30.5 Å². The molecule has 3 aromatic carbocycles. The highest BCUT2D eigenvalue weighted by atomic mass is 16.5. The maximum atomic E-state index is 13.4. The lowest BCUT2D eigenvalue weighted by molar-refractivity contribution is -0.132. The highest BCUT2D eigenvalue weighted by Gasteiger charge is 2.48. The van der Waals surface area contributed by atoms with E-state index in [1.54, 1.807) is 25.3 Å². The first-order valence-corrected chi connectivity index (χ1v) is 11.3. The Morgan fingerprint density at radius 2 is 1.85 bits per heavy atom. The summed E-state index contributed by atoms with van der Waals surface area (Å²) in [5.41, 5.74) is 3.79. The van der Waals surface area contributed by atoms with E-state index in [2.05, 4.69) is 6.92 Å². The van der Waals surface area contributed by atoms with Gasteiger partial charge in [0.1, 0.15) is 17.3 Å². The Morgan fingerprint density at radius 1 is 1.09 bits per heavy atom. The highest BCUT2D eigenvalue weighted by molar-refractivity contribution is 6.51. The minimum atomic E-state index is -0.840. The summed E-state index contributed by atoms with van der Waals surface area (Å²) in [4.78, 5) is 28.2. The number of aryl methyl sites for hydroxylation is 1. The fourth-order valence-electron chi connectivity index (χ4n) is 4.67. The summed E-state index contributed by atoms with van der Waals surface area (Å²) in [7, 11) is 1.54. The quantitative estimate of drug-likeness (QED) is 0.339. The number of Topliss-reactive ketones (excluding diaryl/α,β-unsaturated/α-hetero) is 1. The number of ketones is 1. The van der Waals surface area contributed by atoms with Gasteiger partial charge in [0.15, 0.2) is 0 Å². The third-order valence-corrected chi connectivity index (χ3v) is 6.46. The zero-order valence-electron chi connectivity index (χ0n) is 19.1. The molecule has 6 nitrogen and oxygen atoms in total. The number of para-hydroxylation sites is 1. The van der Waals surface area contributed by atoms with Crippen LogP contribution in [0.5, 0.6) is 11.5 Å². The number of carbonyl (C=O) groups is 2. The lowest BCUT2D eigenvalue weighted by atomic mass is 9.93. The number of aliphatic hydroxyl groups excluding tert-OH is 1. The van der Waals surface area contributed by atoms with Crippen LogP contribution in [0.15, 0.2) is 72.3 Å². The number of hydrogen-bond acceptors (Lipinski definition) is 5. The number of rotatable bonds is 5. The van der Waals surface area contributed by atoms with E-state index in [1.807, 2.05) is 48.5 Å². The first kappa shape index (κ1) is 21.8. The Hall–Kier alpha value is -4.06. The van der Waals surface area contributed by atoms with Crippen molar-refractivity contribution in [2.24, 2.45) is 0 Å². The molecule has 1 fully saturated rings. The molecule has 0 saturated carbocycles. The second-order valence-corrected chi connectivity index (χ2v) is 8.35. The molecular formula is C28H25NO5. The van der Waals surface area contributed by atoms with Crippen LogP contribution in [0.4, 0.5) is 5.69 Å². The molecule has 1 amide bonds. The molecule has 3 aromatic rings. The summed E-state index contributed by atoms with van der Waals surface area (Å²) in [5.74, 6) is -0.334. The number of aliphatic hydroxyl groups is 1. The average Bonchev–Trinajstić information content (AvgIpc) is 3.45. The van der Waals surface area contributed by atoms with Crippen LogP contribution in [0, 0.1) is 0 Å². The van der Waals surface area contributed by atoms with Gasteiger partial charge in [-0.2, -0.15) is 0 Å². The predicted octanol–water partition coefficient (Wildman–Crippen LogP) is 4.82. The molecule has 6 heteroatoms. The van der Waals surface area contributed by atoms with Crippen molar-refractivity contribution in [3.63, 3.8) is 0 Å². The first-order valence-electron chi connectivity index (χ1n) is 11.3. The van der Waals surface area contributed by atoms with Gasteiger partial charge in [0, 0.05) is 23.2 Å². The number of amides is 1. The summed E-state index contributed by atoms with van der Waals surface area (Å²) in [6, 6.07) is 19.3. The number of ether oxygens (including phenoxy) is 2. The van der Waals surface area contributed by atoms with Crippen LogP contribution in [0.25, 0.3) is 5.76 Å². The Morgan fingerprint density at radius 3 is 2.59 bits per heavy atom. The van der Waals surface area contributed by atoms with E-state index in [-0.39, 0.29) is 11.3 Å². The smallest absolute Gasteiger partial charge is 0.300 e. The molecule has 2 aliphatic heterocycles. The number of nitrogens with zero attached hydrogens (tertiary/aromatic N) is 1. The minimum Gasteiger partial charge on any atom is -0.507 e. The van der Waals surface area contributed by atoms with Crippen molar-refractivity contribution in [3.8, 4) is 11.5 Å². The molecule has 2 aliphatic rings. The lowest BCUT2D eigenvalue weighted by Crippen LogP contribution is -2.29. The average molecular weight is 456 g/mol. The Bertz CT molecular complexity index is 1310. The van der Waals surface area contributed by atoms with Crippen molar-refractivity contribution < 1.29 is 24.2 Å². The third kappa shape index (κ3) is 3.52. The summed E-state index contributed by atoms with van der Waals surface area (Å²) < 4.78 is 11.1. The Balaban J connectivity index is 1.71. The normalized spacial score (nSPS) is 18.6. The van der Waals surface area contributed by atoms with Gasteiger partial charge in [0.05, 0.1) is 25.3 Å². The van der Waals surface area contributed by atoms with E-state index in [9.17, 15) is 14.7 Å². The van der Waals surface area contributed by atoms with Crippen molar-refractivity contribution in [1.29, 1.82) is 0 Å². The monoisotopic (exact) mass is 455 g/mol. The number of anilines is 1. The Kier molecular flexibility index (Phi) is 5.57. The summed E-state index contributed by atoms with van der Waals surface area (Å²) in [5, 5.41) is 11.4. The van der Waals surface area contributed by atoms with Gasteiger partial charge in [-0.3, -0.25) is 14.5 Å². The van der Waals surface area contributed by atoms with E-state index >= 15 is 0 Å². The van der Waals surface area contributed by atoms with Crippen LogP contribution in [0.1, 0.15) is 35.2 Å². The van der Waals surface area contributed by atoms with Crippen LogP contribution >= 0.6 is 0 Å². The van der Waals surface area contributed by atoms with Gasteiger partial charge in [0.25, 0.3) is 11.7 Å². The van der Waals surface area contributed by atoms with Crippen molar-refractivity contribution in [1.82, 2.24) is 0 Å². The molecule has 1 unspecified atom stereocenters. The lowest BCUT2D eigenvalue weighted by Gasteiger charge is -2.26. The largest absolute Gasteiger partial charge is 0.507 e. The van der Waals surface area contributed by atoms with E-state index in [4.69, 9.17) is 9.47 Å². The van der Waals surface area contributed by atoms with Crippen LogP contribution in [-0.2, 0) is 22.4 Å². The van der Waals surface area contributed by atoms with Crippen LogP contribution in [0.3, 0.4) is 0 Å². The molecule has 1 atom stereocenters. The Labute approximate surface area is 198 Å². The molecule has 172 valence electrons. The van der Waals surface area contributed by atoms with Crippen LogP contribution in [0.2, 0.25) is 0 Å². The van der Waals surface area contributed by atoms with Gasteiger partial charge in [-0.25, -0.2) is 0 Å². The molecule has 0 aromatic heterocycles. The van der Waals surface area contributed by atoms with Gasteiger partial charge >= 0.3 is 0 Å². The topological polar surface area (TPSA) is 76.1 Å². The zero-order chi connectivity index (χ0) is 23.8.